The molecule has 3 nitrogen and oxygen atoms in total. The van der Waals surface area contributed by atoms with Crippen molar-refractivity contribution in [2.45, 2.75) is 65.5 Å². The molecule has 4 heteroatoms. The van der Waals surface area contributed by atoms with Crippen molar-refractivity contribution in [3.63, 3.8) is 0 Å². The van der Waals surface area contributed by atoms with E-state index in [-0.39, 0.29) is 0 Å². The van der Waals surface area contributed by atoms with Gasteiger partial charge in [-0.05, 0) is 48.0 Å². The smallest absolute Gasteiger partial charge is 0.0738 e. The molecule has 0 amide bonds. The summed E-state index contributed by atoms with van der Waals surface area (Å²) in [4.78, 5) is 0. The Morgan fingerprint density at radius 2 is 2.16 bits per heavy atom. The highest BCUT2D eigenvalue weighted by atomic mass is 79.9. The lowest BCUT2D eigenvalue weighted by Crippen LogP contribution is -2.45. The predicted molar refractivity (Wildman–Crippen MR) is 81.2 cm³/mol. The summed E-state index contributed by atoms with van der Waals surface area (Å²) >= 11 is 3.63. The molecule has 1 aliphatic carbocycles. The number of halogens is 1. The Hall–Kier alpha value is -0.350. The zero-order valence-electron chi connectivity index (χ0n) is 12.4. The fraction of sp³-hybridized carbons (Fsp3) is 0.800. The van der Waals surface area contributed by atoms with Gasteiger partial charge in [-0.3, -0.25) is 4.68 Å². The van der Waals surface area contributed by atoms with Crippen molar-refractivity contribution in [3.05, 3.63) is 15.9 Å². The summed E-state index contributed by atoms with van der Waals surface area (Å²) in [5.74, 6) is 0.935. The molecule has 1 saturated carbocycles. The molecule has 0 aliphatic heterocycles. The quantitative estimate of drug-likeness (QED) is 0.918. The maximum absolute atomic E-state index is 11.1. The molecule has 1 heterocycles. The Kier molecular flexibility index (Phi) is 4.41. The van der Waals surface area contributed by atoms with E-state index in [1.807, 2.05) is 11.6 Å². The summed E-state index contributed by atoms with van der Waals surface area (Å²) in [7, 11) is 0. The summed E-state index contributed by atoms with van der Waals surface area (Å²) in [5.41, 5.74) is 1.57. The number of aryl methyl sites for hydroxylation is 2. The second-order valence-electron chi connectivity index (χ2n) is 6.10. The predicted octanol–water partition coefficient (Wildman–Crippen LogP) is 3.70. The molecule has 108 valence electrons. The fourth-order valence-corrected chi connectivity index (χ4v) is 3.74. The molecule has 0 saturated heterocycles. The number of aromatic nitrogens is 2. The largest absolute Gasteiger partial charge is 0.389 e. The first-order chi connectivity index (χ1) is 8.89. The van der Waals surface area contributed by atoms with Crippen molar-refractivity contribution in [2.75, 3.05) is 0 Å². The van der Waals surface area contributed by atoms with Gasteiger partial charge in [-0.15, -0.1) is 0 Å². The standard InChI is InChI=1S/C15H25BrN2O/c1-5-18-13(14(16)12(4)17-18)9-15(19)8-6-7-10(2)11(15)3/h10-11,19H,5-9H2,1-4H3. The number of hydrogen-bond donors (Lipinski definition) is 1. The van der Waals surface area contributed by atoms with Crippen LogP contribution in [0.2, 0.25) is 0 Å². The Labute approximate surface area is 124 Å². The van der Waals surface area contributed by atoms with Gasteiger partial charge in [0.1, 0.15) is 0 Å². The molecular weight excluding hydrogens is 304 g/mol. The molecule has 1 aromatic heterocycles. The molecule has 0 radical (unpaired) electrons. The van der Waals surface area contributed by atoms with Gasteiger partial charge in [0.25, 0.3) is 0 Å². The van der Waals surface area contributed by atoms with Crippen molar-refractivity contribution >= 4 is 15.9 Å². The van der Waals surface area contributed by atoms with E-state index in [2.05, 4.69) is 41.8 Å². The molecule has 1 N–H and O–H groups in total. The number of rotatable bonds is 3. The third-order valence-electron chi connectivity index (χ3n) is 4.90. The molecule has 3 atom stereocenters. The zero-order chi connectivity index (χ0) is 14.2. The van der Waals surface area contributed by atoms with Crippen LogP contribution in [0.3, 0.4) is 0 Å². The van der Waals surface area contributed by atoms with Gasteiger partial charge >= 0.3 is 0 Å². The van der Waals surface area contributed by atoms with Crippen LogP contribution >= 0.6 is 15.9 Å². The minimum atomic E-state index is -0.584. The van der Waals surface area contributed by atoms with Gasteiger partial charge in [-0.2, -0.15) is 5.10 Å². The van der Waals surface area contributed by atoms with Gasteiger partial charge in [0.05, 0.1) is 21.5 Å². The van der Waals surface area contributed by atoms with Gasteiger partial charge in [0.2, 0.25) is 0 Å². The molecule has 3 unspecified atom stereocenters. The summed E-state index contributed by atoms with van der Waals surface area (Å²) in [6, 6.07) is 0. The van der Waals surface area contributed by atoms with Gasteiger partial charge < -0.3 is 5.11 Å². The highest BCUT2D eigenvalue weighted by Crippen LogP contribution is 2.40. The fourth-order valence-electron chi connectivity index (χ4n) is 3.31. The first-order valence-electron chi connectivity index (χ1n) is 7.33. The molecule has 1 fully saturated rings. The zero-order valence-corrected chi connectivity index (χ0v) is 14.0. The maximum atomic E-state index is 11.1. The number of hydrogen-bond acceptors (Lipinski definition) is 2. The van der Waals surface area contributed by atoms with Crippen molar-refractivity contribution in [1.29, 1.82) is 0 Å². The Balaban J connectivity index is 2.29. The lowest BCUT2D eigenvalue weighted by molar-refractivity contribution is -0.0634. The van der Waals surface area contributed by atoms with Crippen LogP contribution in [0.5, 0.6) is 0 Å². The van der Waals surface area contributed by atoms with Crippen LogP contribution in [0.15, 0.2) is 4.47 Å². The van der Waals surface area contributed by atoms with E-state index in [0.29, 0.717) is 18.3 Å². The first-order valence-corrected chi connectivity index (χ1v) is 8.12. The topological polar surface area (TPSA) is 38.0 Å². The molecule has 1 aliphatic rings. The lowest BCUT2D eigenvalue weighted by atomic mass is 9.69. The second-order valence-corrected chi connectivity index (χ2v) is 6.89. The summed E-state index contributed by atoms with van der Waals surface area (Å²) < 4.78 is 3.08. The summed E-state index contributed by atoms with van der Waals surface area (Å²) in [6.07, 6.45) is 3.96. The Morgan fingerprint density at radius 1 is 1.47 bits per heavy atom. The van der Waals surface area contributed by atoms with Crippen LogP contribution in [0.1, 0.15) is 51.4 Å². The van der Waals surface area contributed by atoms with E-state index in [9.17, 15) is 5.11 Å². The minimum absolute atomic E-state index is 0.341. The number of aliphatic hydroxyl groups is 1. The average Bonchev–Trinajstić information content (AvgIpc) is 2.64. The maximum Gasteiger partial charge on any atom is 0.0738 e. The van der Waals surface area contributed by atoms with E-state index in [1.165, 1.54) is 6.42 Å². The highest BCUT2D eigenvalue weighted by Gasteiger charge is 2.41. The van der Waals surface area contributed by atoms with Crippen LogP contribution < -0.4 is 0 Å². The van der Waals surface area contributed by atoms with E-state index < -0.39 is 5.60 Å². The van der Waals surface area contributed by atoms with Gasteiger partial charge in [0.15, 0.2) is 0 Å². The molecule has 1 aromatic rings. The number of nitrogens with zero attached hydrogens (tertiary/aromatic N) is 2. The van der Waals surface area contributed by atoms with Crippen molar-refractivity contribution in [3.8, 4) is 0 Å². The van der Waals surface area contributed by atoms with Crippen molar-refractivity contribution in [2.24, 2.45) is 11.8 Å². The Bertz CT molecular complexity index is 457. The van der Waals surface area contributed by atoms with Gasteiger partial charge in [0, 0.05) is 13.0 Å². The SMILES string of the molecule is CCn1nc(C)c(Br)c1CC1(O)CCCC(C)C1C. The second kappa shape index (κ2) is 5.57. The van der Waals surface area contributed by atoms with Crippen LogP contribution in [0, 0.1) is 18.8 Å². The monoisotopic (exact) mass is 328 g/mol. The van der Waals surface area contributed by atoms with Crippen molar-refractivity contribution < 1.29 is 5.11 Å². The van der Waals surface area contributed by atoms with E-state index in [0.717, 1.165) is 35.2 Å². The average molecular weight is 329 g/mol. The first kappa shape index (κ1) is 15.0. The molecule has 0 bridgehead atoms. The molecule has 2 rings (SSSR count). The third-order valence-corrected chi connectivity index (χ3v) is 5.93. The molecule has 0 spiro atoms. The molecule has 19 heavy (non-hydrogen) atoms. The molecule has 0 aromatic carbocycles. The minimum Gasteiger partial charge on any atom is -0.389 e. The van der Waals surface area contributed by atoms with Crippen LogP contribution in [-0.4, -0.2) is 20.5 Å². The van der Waals surface area contributed by atoms with Crippen LogP contribution in [0.25, 0.3) is 0 Å². The van der Waals surface area contributed by atoms with E-state index in [1.54, 1.807) is 0 Å². The van der Waals surface area contributed by atoms with Gasteiger partial charge in [-0.25, -0.2) is 0 Å². The summed E-state index contributed by atoms with van der Waals surface area (Å²) in [6.45, 7) is 9.40. The lowest BCUT2D eigenvalue weighted by Gasteiger charge is -2.42. The summed E-state index contributed by atoms with van der Waals surface area (Å²) in [5, 5.41) is 15.6. The van der Waals surface area contributed by atoms with Gasteiger partial charge in [-0.1, -0.05) is 26.7 Å². The van der Waals surface area contributed by atoms with E-state index >= 15 is 0 Å². The van der Waals surface area contributed by atoms with Crippen LogP contribution in [0.4, 0.5) is 0 Å². The van der Waals surface area contributed by atoms with Crippen molar-refractivity contribution in [1.82, 2.24) is 9.78 Å². The Morgan fingerprint density at radius 3 is 2.79 bits per heavy atom. The third kappa shape index (κ3) is 2.75. The normalized spacial score (nSPS) is 31.7. The van der Waals surface area contributed by atoms with E-state index in [4.69, 9.17) is 0 Å². The molecular formula is C15H25BrN2O. The highest BCUT2D eigenvalue weighted by molar-refractivity contribution is 9.10. The van der Waals surface area contributed by atoms with Crippen LogP contribution in [-0.2, 0) is 13.0 Å².